The standard InChI is InChI=1S/C19H16OS2/c20-18-13-3-1-2-9-6-7-12-15-10-4-5-11(8-10)17(15)21-19(22-18)16(12)14(9)13/h1-3,6-7,10-12,15,17H,4-5,8H2/t10-,11-,12+,15+,17+/m0/s1. The second kappa shape index (κ2) is 4.07. The van der Waals surface area contributed by atoms with Gasteiger partial charge in [-0.05, 0) is 59.6 Å². The summed E-state index contributed by atoms with van der Waals surface area (Å²) in [6.45, 7) is 0. The number of hydrogen-bond donors (Lipinski definition) is 0. The van der Waals surface area contributed by atoms with Crippen LogP contribution in [0.1, 0.15) is 36.3 Å². The molecule has 0 radical (unpaired) electrons. The van der Waals surface area contributed by atoms with Crippen LogP contribution >= 0.6 is 23.1 Å². The molecule has 0 N–H and O–H groups in total. The first-order valence-electron chi connectivity index (χ1n) is 8.26. The van der Waals surface area contributed by atoms with Crippen LogP contribution in [0.2, 0.25) is 0 Å². The van der Waals surface area contributed by atoms with Gasteiger partial charge in [0.1, 0.15) is 0 Å². The summed E-state index contributed by atoms with van der Waals surface area (Å²) in [5, 5.41) is 2.97. The summed E-state index contributed by atoms with van der Waals surface area (Å²) in [6.07, 6.45) is 9.02. The third-order valence-corrected chi connectivity index (χ3v) is 9.12. The van der Waals surface area contributed by atoms with Gasteiger partial charge in [-0.25, -0.2) is 0 Å². The molecule has 3 heteroatoms. The van der Waals surface area contributed by atoms with Gasteiger partial charge in [0.05, 0.1) is 4.21 Å². The topological polar surface area (TPSA) is 17.1 Å². The molecule has 3 aliphatic carbocycles. The zero-order valence-electron chi connectivity index (χ0n) is 12.1. The molecule has 0 spiro atoms. The van der Waals surface area contributed by atoms with Crippen molar-refractivity contribution in [1.82, 2.24) is 0 Å². The lowest BCUT2D eigenvalue weighted by Crippen LogP contribution is -2.33. The number of hydrogen-bond acceptors (Lipinski definition) is 3. The van der Waals surface area contributed by atoms with Gasteiger partial charge < -0.3 is 0 Å². The Labute approximate surface area is 137 Å². The average Bonchev–Trinajstić information content (AvgIpc) is 3.15. The Morgan fingerprint density at radius 2 is 2.05 bits per heavy atom. The van der Waals surface area contributed by atoms with Crippen LogP contribution in [-0.4, -0.2) is 5.25 Å². The normalized spacial score (nSPS) is 36.8. The zero-order valence-corrected chi connectivity index (χ0v) is 13.8. The van der Waals surface area contributed by atoms with Crippen molar-refractivity contribution in [1.29, 1.82) is 0 Å². The maximum atomic E-state index is 12.6. The van der Waals surface area contributed by atoms with Crippen molar-refractivity contribution in [3.05, 3.63) is 44.9 Å². The highest BCUT2D eigenvalue weighted by molar-refractivity contribution is 8.01. The van der Waals surface area contributed by atoms with Gasteiger partial charge in [-0.15, -0.1) is 11.8 Å². The minimum atomic E-state index is 0.249. The van der Waals surface area contributed by atoms with Crippen LogP contribution in [0.15, 0.2) is 33.3 Å². The fraction of sp³-hybridized carbons (Fsp3) is 0.421. The van der Waals surface area contributed by atoms with E-state index in [2.05, 4.69) is 30.0 Å². The van der Waals surface area contributed by atoms with Crippen molar-refractivity contribution in [2.75, 3.05) is 0 Å². The molecule has 2 fully saturated rings. The highest BCUT2D eigenvalue weighted by Gasteiger charge is 2.54. The Morgan fingerprint density at radius 3 is 3.00 bits per heavy atom. The van der Waals surface area contributed by atoms with E-state index in [4.69, 9.17) is 0 Å². The van der Waals surface area contributed by atoms with E-state index in [1.165, 1.54) is 51.3 Å². The first-order valence-corrected chi connectivity index (χ1v) is 9.95. The monoisotopic (exact) mass is 324 g/mol. The lowest BCUT2D eigenvalue weighted by molar-refractivity contribution is 0.312. The maximum Gasteiger partial charge on any atom is 0.241 e. The molecule has 0 unspecified atom stereocenters. The molecular weight excluding hydrogens is 308 g/mol. The summed E-state index contributed by atoms with van der Waals surface area (Å²) < 4.78 is 1.58. The Bertz CT molecular complexity index is 910. The number of fused-ring (bicyclic) bond motifs is 6. The molecule has 1 aromatic carbocycles. The van der Waals surface area contributed by atoms with Gasteiger partial charge in [0.25, 0.3) is 0 Å². The van der Waals surface area contributed by atoms with Crippen molar-refractivity contribution >= 4 is 39.9 Å². The van der Waals surface area contributed by atoms with Crippen molar-refractivity contribution < 1.29 is 0 Å². The molecule has 1 aromatic heterocycles. The van der Waals surface area contributed by atoms with Crippen LogP contribution in [0.5, 0.6) is 0 Å². The van der Waals surface area contributed by atoms with E-state index >= 15 is 0 Å². The van der Waals surface area contributed by atoms with E-state index in [1.807, 2.05) is 12.1 Å². The third-order valence-electron chi connectivity index (χ3n) is 6.37. The van der Waals surface area contributed by atoms with Crippen LogP contribution in [0.3, 0.4) is 0 Å². The average molecular weight is 324 g/mol. The van der Waals surface area contributed by atoms with Crippen LogP contribution < -0.4 is 4.74 Å². The molecule has 22 heavy (non-hydrogen) atoms. The Kier molecular flexibility index (Phi) is 2.29. The summed E-state index contributed by atoms with van der Waals surface area (Å²) in [4.78, 5) is 12.6. The quantitative estimate of drug-likeness (QED) is 0.686. The van der Waals surface area contributed by atoms with Gasteiger partial charge >= 0.3 is 0 Å². The first-order chi connectivity index (χ1) is 10.8. The lowest BCUT2D eigenvalue weighted by Gasteiger charge is -2.41. The zero-order chi connectivity index (χ0) is 14.4. The minimum Gasteiger partial charge on any atom is -0.277 e. The van der Waals surface area contributed by atoms with Crippen LogP contribution in [-0.2, 0) is 0 Å². The molecule has 2 bridgehead atoms. The predicted molar refractivity (Wildman–Crippen MR) is 93.8 cm³/mol. The van der Waals surface area contributed by atoms with Gasteiger partial charge in [0, 0.05) is 16.6 Å². The fourth-order valence-corrected chi connectivity index (χ4v) is 8.72. The van der Waals surface area contributed by atoms with Gasteiger partial charge in [0.2, 0.25) is 4.74 Å². The van der Waals surface area contributed by atoms with Crippen molar-refractivity contribution in [2.24, 2.45) is 17.8 Å². The van der Waals surface area contributed by atoms with Gasteiger partial charge in [-0.3, -0.25) is 4.79 Å². The first kappa shape index (κ1) is 12.4. The largest absolute Gasteiger partial charge is 0.277 e. The molecule has 1 aliphatic heterocycles. The highest BCUT2D eigenvalue weighted by atomic mass is 32.2. The second-order valence-corrected chi connectivity index (χ2v) is 9.67. The molecule has 0 amide bonds. The minimum absolute atomic E-state index is 0.249. The molecule has 110 valence electrons. The van der Waals surface area contributed by atoms with Gasteiger partial charge in [-0.2, -0.15) is 0 Å². The van der Waals surface area contributed by atoms with E-state index in [0.717, 1.165) is 28.4 Å². The van der Waals surface area contributed by atoms with Gasteiger partial charge in [0.15, 0.2) is 0 Å². The number of allylic oxidation sites excluding steroid dienone is 1. The van der Waals surface area contributed by atoms with E-state index < -0.39 is 0 Å². The van der Waals surface area contributed by atoms with Crippen molar-refractivity contribution in [3.63, 3.8) is 0 Å². The van der Waals surface area contributed by atoms with E-state index in [-0.39, 0.29) is 4.74 Å². The summed E-state index contributed by atoms with van der Waals surface area (Å²) in [5.41, 5.74) is 2.74. The third kappa shape index (κ3) is 1.36. The fourth-order valence-electron chi connectivity index (χ4n) is 5.57. The van der Waals surface area contributed by atoms with Crippen LogP contribution in [0.25, 0.3) is 16.8 Å². The second-order valence-electron chi connectivity index (χ2n) is 7.24. The molecule has 6 rings (SSSR count). The molecule has 1 nitrogen and oxygen atoms in total. The predicted octanol–water partition coefficient (Wildman–Crippen LogP) is 4.89. The Balaban J connectivity index is 1.71. The molecule has 2 heterocycles. The molecule has 5 atom stereocenters. The van der Waals surface area contributed by atoms with Gasteiger partial charge in [-0.1, -0.05) is 35.6 Å². The Morgan fingerprint density at radius 1 is 1.14 bits per heavy atom. The molecule has 0 saturated heterocycles. The molecule has 2 aromatic rings. The van der Waals surface area contributed by atoms with Crippen LogP contribution in [0.4, 0.5) is 0 Å². The Hall–Kier alpha value is -1.06. The van der Waals surface area contributed by atoms with Crippen molar-refractivity contribution in [3.8, 4) is 0 Å². The SMILES string of the molecule is O=c1sc2c3c4c(cccc14)C=C[C@@H]3[C@H]1[C@H]3CC[C@@H](C3)[C@H]1S2. The lowest BCUT2D eigenvalue weighted by atomic mass is 9.73. The van der Waals surface area contributed by atoms with E-state index in [0.29, 0.717) is 5.92 Å². The van der Waals surface area contributed by atoms with Crippen LogP contribution in [0, 0.1) is 17.8 Å². The molecule has 2 saturated carbocycles. The van der Waals surface area contributed by atoms with E-state index in [9.17, 15) is 4.79 Å². The molecule has 4 aliphatic rings. The summed E-state index contributed by atoms with van der Waals surface area (Å²) >= 11 is 3.56. The smallest absolute Gasteiger partial charge is 0.241 e. The molecular formula is C19H16OS2. The van der Waals surface area contributed by atoms with Crippen molar-refractivity contribution in [2.45, 2.75) is 34.6 Å². The number of thioether (sulfide) groups is 1. The number of benzene rings is 1. The van der Waals surface area contributed by atoms with E-state index in [1.54, 1.807) is 0 Å². The summed E-state index contributed by atoms with van der Waals surface area (Å²) in [6, 6.07) is 6.21. The summed E-state index contributed by atoms with van der Waals surface area (Å²) in [5.74, 6) is 3.19. The number of rotatable bonds is 0. The maximum absolute atomic E-state index is 12.6. The summed E-state index contributed by atoms with van der Waals surface area (Å²) in [7, 11) is 0. The highest BCUT2D eigenvalue weighted by Crippen LogP contribution is 2.64.